The Hall–Kier alpha value is -1.20. The molecule has 1 aromatic heterocycles. The minimum absolute atomic E-state index is 0.0798. The van der Waals surface area contributed by atoms with Gasteiger partial charge in [-0.05, 0) is 25.5 Å². The van der Waals surface area contributed by atoms with Gasteiger partial charge in [-0.15, -0.1) is 5.10 Å². The summed E-state index contributed by atoms with van der Waals surface area (Å²) >= 11 is 0. The fourth-order valence-corrected chi connectivity index (χ4v) is 1.99. The van der Waals surface area contributed by atoms with Gasteiger partial charge in [-0.3, -0.25) is 0 Å². The zero-order valence-electron chi connectivity index (χ0n) is 9.37. The highest BCUT2D eigenvalue weighted by Gasteiger charge is 2.26. The molecule has 1 saturated heterocycles. The molecule has 1 aromatic rings. The van der Waals surface area contributed by atoms with Crippen LogP contribution in [0.5, 0.6) is 0 Å². The summed E-state index contributed by atoms with van der Waals surface area (Å²) in [7, 11) is 0. The molecule has 0 amide bonds. The molecule has 0 bridgehead atoms. The van der Waals surface area contributed by atoms with Crippen molar-refractivity contribution in [2.75, 3.05) is 18.0 Å². The molecule has 0 saturated carbocycles. The molecule has 1 aliphatic heterocycles. The maximum Gasteiger partial charge on any atom is 0.151 e. The van der Waals surface area contributed by atoms with Crippen LogP contribution in [-0.2, 0) is 6.61 Å². The standard InChI is InChI=1S/C11H17N3O2/c1-8(16)9-4-5-14(6-9)11-3-2-10(7-15)12-13-11/h2-3,8-9,15-16H,4-7H2,1H3. The number of aliphatic hydroxyl groups excluding tert-OH is 2. The van der Waals surface area contributed by atoms with Gasteiger partial charge in [0.05, 0.1) is 18.4 Å². The second kappa shape index (κ2) is 4.76. The Kier molecular flexibility index (Phi) is 3.36. The number of aliphatic hydroxyl groups is 2. The summed E-state index contributed by atoms with van der Waals surface area (Å²) in [5, 5.41) is 26.3. The molecule has 0 aliphatic carbocycles. The van der Waals surface area contributed by atoms with E-state index < -0.39 is 0 Å². The van der Waals surface area contributed by atoms with E-state index in [-0.39, 0.29) is 12.7 Å². The van der Waals surface area contributed by atoms with Gasteiger partial charge in [-0.25, -0.2) is 0 Å². The molecule has 88 valence electrons. The number of aromatic nitrogens is 2. The zero-order chi connectivity index (χ0) is 11.5. The molecule has 2 atom stereocenters. The van der Waals surface area contributed by atoms with E-state index in [1.807, 2.05) is 13.0 Å². The molecular weight excluding hydrogens is 206 g/mol. The molecule has 5 heteroatoms. The lowest BCUT2D eigenvalue weighted by Gasteiger charge is -2.17. The minimum Gasteiger partial charge on any atom is -0.393 e. The molecule has 1 fully saturated rings. The van der Waals surface area contributed by atoms with Gasteiger partial charge in [-0.1, -0.05) is 0 Å². The van der Waals surface area contributed by atoms with E-state index in [2.05, 4.69) is 15.1 Å². The Balaban J connectivity index is 2.03. The Morgan fingerprint density at radius 2 is 2.31 bits per heavy atom. The summed E-state index contributed by atoms with van der Waals surface area (Å²) in [6.07, 6.45) is 0.718. The van der Waals surface area contributed by atoms with Gasteiger partial charge in [0.25, 0.3) is 0 Å². The number of rotatable bonds is 3. The van der Waals surface area contributed by atoms with Crippen LogP contribution in [0, 0.1) is 5.92 Å². The van der Waals surface area contributed by atoms with Crippen molar-refractivity contribution in [1.82, 2.24) is 10.2 Å². The van der Waals surface area contributed by atoms with Crippen LogP contribution < -0.4 is 4.90 Å². The fraction of sp³-hybridized carbons (Fsp3) is 0.636. The van der Waals surface area contributed by atoms with Crippen LogP contribution in [-0.4, -0.2) is 39.6 Å². The first-order valence-corrected chi connectivity index (χ1v) is 5.57. The fourth-order valence-electron chi connectivity index (χ4n) is 1.99. The minimum atomic E-state index is -0.269. The monoisotopic (exact) mass is 223 g/mol. The second-order valence-electron chi connectivity index (χ2n) is 4.28. The van der Waals surface area contributed by atoms with Crippen LogP contribution in [0.1, 0.15) is 19.0 Å². The van der Waals surface area contributed by atoms with Gasteiger partial charge >= 0.3 is 0 Å². The predicted octanol–water partition coefficient (Wildman–Crippen LogP) is 0.176. The van der Waals surface area contributed by atoms with Crippen LogP contribution >= 0.6 is 0 Å². The number of nitrogens with zero attached hydrogens (tertiary/aromatic N) is 3. The molecule has 16 heavy (non-hydrogen) atoms. The van der Waals surface area contributed by atoms with Crippen molar-refractivity contribution in [3.05, 3.63) is 17.8 Å². The first kappa shape index (κ1) is 11.3. The Morgan fingerprint density at radius 1 is 1.50 bits per heavy atom. The molecule has 0 aromatic carbocycles. The predicted molar refractivity (Wildman–Crippen MR) is 60.0 cm³/mol. The average Bonchev–Trinajstić information content (AvgIpc) is 2.78. The van der Waals surface area contributed by atoms with Crippen molar-refractivity contribution in [1.29, 1.82) is 0 Å². The molecular formula is C11H17N3O2. The van der Waals surface area contributed by atoms with E-state index in [1.165, 1.54) is 0 Å². The lowest BCUT2D eigenvalue weighted by molar-refractivity contribution is 0.136. The molecule has 2 N–H and O–H groups in total. The van der Waals surface area contributed by atoms with Crippen LogP contribution in [0.25, 0.3) is 0 Å². The van der Waals surface area contributed by atoms with Crippen molar-refractivity contribution >= 4 is 5.82 Å². The van der Waals surface area contributed by atoms with Gasteiger partial charge < -0.3 is 15.1 Å². The highest BCUT2D eigenvalue weighted by Crippen LogP contribution is 2.23. The van der Waals surface area contributed by atoms with Gasteiger partial charge in [0, 0.05) is 19.0 Å². The summed E-state index contributed by atoms with van der Waals surface area (Å²) in [5.74, 6) is 1.14. The van der Waals surface area contributed by atoms with E-state index in [4.69, 9.17) is 5.11 Å². The van der Waals surface area contributed by atoms with Gasteiger partial charge in [0.1, 0.15) is 0 Å². The number of hydrogen-bond donors (Lipinski definition) is 2. The van der Waals surface area contributed by atoms with Crippen molar-refractivity contribution in [3.63, 3.8) is 0 Å². The van der Waals surface area contributed by atoms with Crippen LogP contribution in [0.2, 0.25) is 0 Å². The van der Waals surface area contributed by atoms with Crippen LogP contribution in [0.3, 0.4) is 0 Å². The Labute approximate surface area is 94.7 Å². The van der Waals surface area contributed by atoms with Crippen LogP contribution in [0.15, 0.2) is 12.1 Å². The smallest absolute Gasteiger partial charge is 0.151 e. The van der Waals surface area contributed by atoms with E-state index in [9.17, 15) is 5.11 Å². The Bertz CT molecular complexity index is 340. The Morgan fingerprint density at radius 3 is 2.81 bits per heavy atom. The van der Waals surface area contributed by atoms with Crippen LogP contribution in [0.4, 0.5) is 5.82 Å². The second-order valence-corrected chi connectivity index (χ2v) is 4.28. The molecule has 0 spiro atoms. The third-order valence-corrected chi connectivity index (χ3v) is 3.10. The molecule has 2 unspecified atom stereocenters. The van der Waals surface area contributed by atoms with Gasteiger partial charge in [0.15, 0.2) is 5.82 Å². The van der Waals surface area contributed by atoms with Crippen molar-refractivity contribution < 1.29 is 10.2 Å². The SMILES string of the molecule is CC(O)C1CCN(c2ccc(CO)nn2)C1. The normalized spacial score (nSPS) is 22.4. The topological polar surface area (TPSA) is 69.5 Å². The van der Waals surface area contributed by atoms with E-state index in [0.29, 0.717) is 11.6 Å². The maximum atomic E-state index is 9.50. The molecule has 1 aliphatic rings. The number of hydrogen-bond acceptors (Lipinski definition) is 5. The zero-order valence-corrected chi connectivity index (χ0v) is 9.37. The average molecular weight is 223 g/mol. The third kappa shape index (κ3) is 2.31. The molecule has 2 heterocycles. The third-order valence-electron chi connectivity index (χ3n) is 3.10. The molecule has 0 radical (unpaired) electrons. The van der Waals surface area contributed by atoms with Gasteiger partial charge in [0.2, 0.25) is 0 Å². The van der Waals surface area contributed by atoms with Crippen molar-refractivity contribution in [2.45, 2.75) is 26.1 Å². The highest BCUT2D eigenvalue weighted by atomic mass is 16.3. The summed E-state index contributed by atoms with van der Waals surface area (Å²) in [6, 6.07) is 3.64. The molecule has 5 nitrogen and oxygen atoms in total. The summed E-state index contributed by atoms with van der Waals surface area (Å²) in [6.45, 7) is 3.48. The summed E-state index contributed by atoms with van der Waals surface area (Å²) < 4.78 is 0. The quantitative estimate of drug-likeness (QED) is 0.764. The van der Waals surface area contributed by atoms with E-state index in [1.54, 1.807) is 6.07 Å². The first-order valence-electron chi connectivity index (χ1n) is 5.57. The highest BCUT2D eigenvalue weighted by molar-refractivity contribution is 5.38. The largest absolute Gasteiger partial charge is 0.393 e. The van der Waals surface area contributed by atoms with Crippen molar-refractivity contribution in [3.8, 4) is 0 Å². The lowest BCUT2D eigenvalue weighted by Crippen LogP contribution is -2.24. The van der Waals surface area contributed by atoms with Gasteiger partial charge in [-0.2, -0.15) is 5.10 Å². The van der Waals surface area contributed by atoms with E-state index >= 15 is 0 Å². The summed E-state index contributed by atoms with van der Waals surface area (Å²) in [4.78, 5) is 2.12. The summed E-state index contributed by atoms with van der Waals surface area (Å²) in [5.41, 5.74) is 0.579. The first-order chi connectivity index (χ1) is 7.70. The lowest BCUT2D eigenvalue weighted by atomic mass is 10.0. The maximum absolute atomic E-state index is 9.50. The van der Waals surface area contributed by atoms with Crippen molar-refractivity contribution in [2.24, 2.45) is 5.92 Å². The van der Waals surface area contributed by atoms with E-state index in [0.717, 1.165) is 25.3 Å². The number of anilines is 1. The molecule has 2 rings (SSSR count).